The van der Waals surface area contributed by atoms with Gasteiger partial charge in [0.1, 0.15) is 6.10 Å². The Morgan fingerprint density at radius 1 is 1.03 bits per heavy atom. The minimum Gasteiger partial charge on any atom is -0.469 e. The van der Waals surface area contributed by atoms with Crippen LogP contribution in [-0.2, 0) is 23.9 Å². The Balaban J connectivity index is 1.66. The second kappa shape index (κ2) is 11.5. The van der Waals surface area contributed by atoms with Gasteiger partial charge in [0.2, 0.25) is 0 Å². The topological polar surface area (TPSA) is 178 Å². The van der Waals surface area contributed by atoms with Crippen molar-refractivity contribution in [1.82, 2.24) is 5.32 Å². The van der Waals surface area contributed by atoms with Crippen LogP contribution in [-0.4, -0.2) is 43.1 Å². The lowest BCUT2D eigenvalue weighted by molar-refractivity contribution is -0.140. The molecule has 0 aliphatic carbocycles. The van der Waals surface area contributed by atoms with Crippen LogP contribution >= 0.6 is 0 Å². The molecule has 5 amide bonds. The molecule has 0 bridgehead atoms. The Hall–Kier alpha value is -4.61. The lowest BCUT2D eigenvalue weighted by Crippen LogP contribution is -2.51. The summed E-state index contributed by atoms with van der Waals surface area (Å²) in [6, 6.07) is 10.8. The first kappa shape index (κ1) is 25.0. The number of amides is 5. The highest BCUT2D eigenvalue weighted by Crippen LogP contribution is 2.26. The molecule has 0 saturated carbocycles. The van der Waals surface area contributed by atoms with Crippen molar-refractivity contribution in [3.63, 3.8) is 0 Å². The average molecular weight is 483 g/mol. The van der Waals surface area contributed by atoms with Crippen LogP contribution in [0.5, 0.6) is 0 Å². The molecular formula is C23H25N5O7. The molecule has 12 nitrogen and oxygen atoms in total. The SMILES string of the molecule is COC(=O)CCCC(OC(N)=O)c1cccc(NC(=O)NC2C(=O)Nc3ccccc3NC2=O)c1. The molecular weight excluding hydrogens is 458 g/mol. The summed E-state index contributed by atoms with van der Waals surface area (Å²) in [5.74, 6) is -1.79. The minimum absolute atomic E-state index is 0.130. The van der Waals surface area contributed by atoms with Crippen molar-refractivity contribution in [2.24, 2.45) is 5.73 Å². The van der Waals surface area contributed by atoms with E-state index in [1.54, 1.807) is 48.5 Å². The van der Waals surface area contributed by atoms with E-state index in [0.717, 1.165) is 0 Å². The van der Waals surface area contributed by atoms with Crippen molar-refractivity contribution in [2.45, 2.75) is 31.4 Å². The van der Waals surface area contributed by atoms with Crippen molar-refractivity contribution in [1.29, 1.82) is 0 Å². The van der Waals surface area contributed by atoms with Crippen LogP contribution in [0, 0.1) is 0 Å². The molecule has 2 aromatic rings. The van der Waals surface area contributed by atoms with Crippen LogP contribution < -0.4 is 27.0 Å². The van der Waals surface area contributed by atoms with Gasteiger partial charge in [0, 0.05) is 12.1 Å². The predicted octanol–water partition coefficient (Wildman–Crippen LogP) is 2.25. The van der Waals surface area contributed by atoms with Crippen molar-refractivity contribution in [2.75, 3.05) is 23.1 Å². The molecule has 2 aromatic carbocycles. The number of benzene rings is 2. The molecule has 0 saturated heterocycles. The summed E-state index contributed by atoms with van der Waals surface area (Å²) < 4.78 is 9.76. The summed E-state index contributed by atoms with van der Waals surface area (Å²) in [5, 5.41) is 10.1. The van der Waals surface area contributed by atoms with E-state index in [2.05, 4.69) is 26.0 Å². The van der Waals surface area contributed by atoms with Gasteiger partial charge in [0.25, 0.3) is 11.8 Å². The fourth-order valence-electron chi connectivity index (χ4n) is 3.44. The van der Waals surface area contributed by atoms with Crippen LogP contribution in [0.1, 0.15) is 30.9 Å². The third-order valence-corrected chi connectivity index (χ3v) is 5.09. The second-order valence-electron chi connectivity index (χ2n) is 7.57. The van der Waals surface area contributed by atoms with Crippen LogP contribution in [0.4, 0.5) is 26.7 Å². The zero-order valence-corrected chi connectivity index (χ0v) is 18.8. The highest BCUT2D eigenvalue weighted by atomic mass is 16.6. The number of para-hydroxylation sites is 2. The number of carbonyl (C=O) groups is 5. The van der Waals surface area contributed by atoms with Gasteiger partial charge in [0.15, 0.2) is 6.04 Å². The number of primary amides is 1. The van der Waals surface area contributed by atoms with Crippen molar-refractivity contribution < 1.29 is 33.4 Å². The van der Waals surface area contributed by atoms with Gasteiger partial charge in [-0.25, -0.2) is 9.59 Å². The number of esters is 1. The largest absolute Gasteiger partial charge is 0.469 e. The van der Waals surface area contributed by atoms with Gasteiger partial charge in [-0.15, -0.1) is 0 Å². The zero-order chi connectivity index (χ0) is 25.4. The van der Waals surface area contributed by atoms with Crippen LogP contribution in [0.3, 0.4) is 0 Å². The number of urea groups is 1. The summed E-state index contributed by atoms with van der Waals surface area (Å²) in [5.41, 5.74) is 6.83. The Labute approximate surface area is 200 Å². The Morgan fingerprint density at radius 3 is 2.29 bits per heavy atom. The predicted molar refractivity (Wildman–Crippen MR) is 125 cm³/mol. The Morgan fingerprint density at radius 2 is 1.69 bits per heavy atom. The summed E-state index contributed by atoms with van der Waals surface area (Å²) in [6.07, 6.45) is -0.965. The number of anilines is 3. The van der Waals surface area contributed by atoms with Gasteiger partial charge in [-0.3, -0.25) is 14.4 Å². The lowest BCUT2D eigenvalue weighted by Gasteiger charge is -2.18. The number of carbonyl (C=O) groups excluding carboxylic acids is 5. The zero-order valence-electron chi connectivity index (χ0n) is 18.8. The maximum atomic E-state index is 12.6. The van der Waals surface area contributed by atoms with Gasteiger partial charge in [0.05, 0.1) is 18.5 Å². The first-order valence-corrected chi connectivity index (χ1v) is 10.7. The van der Waals surface area contributed by atoms with Gasteiger partial charge in [-0.05, 0) is 42.7 Å². The minimum atomic E-state index is -1.48. The second-order valence-corrected chi connectivity index (χ2v) is 7.57. The van der Waals surface area contributed by atoms with E-state index in [0.29, 0.717) is 29.0 Å². The molecule has 0 radical (unpaired) electrons. The van der Waals surface area contributed by atoms with Crippen LogP contribution in [0.25, 0.3) is 0 Å². The average Bonchev–Trinajstić information content (AvgIpc) is 2.93. The van der Waals surface area contributed by atoms with Crippen molar-refractivity contribution in [3.8, 4) is 0 Å². The van der Waals surface area contributed by atoms with E-state index in [4.69, 9.17) is 10.5 Å². The van der Waals surface area contributed by atoms with E-state index in [1.165, 1.54) is 7.11 Å². The highest BCUT2D eigenvalue weighted by Gasteiger charge is 2.32. The number of rotatable bonds is 8. The van der Waals surface area contributed by atoms with E-state index < -0.39 is 42.1 Å². The highest BCUT2D eigenvalue weighted by molar-refractivity contribution is 6.20. The van der Waals surface area contributed by atoms with Crippen LogP contribution in [0.15, 0.2) is 48.5 Å². The summed E-state index contributed by atoms with van der Waals surface area (Å²) in [7, 11) is 1.28. The molecule has 184 valence electrons. The van der Waals surface area contributed by atoms with Gasteiger partial charge < -0.3 is 36.5 Å². The van der Waals surface area contributed by atoms with E-state index in [9.17, 15) is 24.0 Å². The molecule has 1 aliphatic rings. The third-order valence-electron chi connectivity index (χ3n) is 5.09. The van der Waals surface area contributed by atoms with Crippen molar-refractivity contribution in [3.05, 3.63) is 54.1 Å². The lowest BCUT2D eigenvalue weighted by atomic mass is 10.0. The van der Waals surface area contributed by atoms with E-state index in [-0.39, 0.29) is 12.8 Å². The molecule has 0 aromatic heterocycles. The number of hydrogen-bond donors (Lipinski definition) is 5. The third kappa shape index (κ3) is 6.93. The molecule has 12 heteroatoms. The molecule has 0 spiro atoms. The number of nitrogens with two attached hydrogens (primary N) is 1. The standard InChI is InChI=1S/C23H25N5O7/c1-34-18(29)11-5-10-17(35-22(24)32)13-6-4-7-14(12-13)25-23(33)28-19-20(30)26-15-8-2-3-9-16(15)27-21(19)31/h2-4,6-9,12,17,19H,5,10-11H2,1H3,(H2,24,32)(H,26,30)(H,27,31)(H2,25,28,33). The molecule has 6 N–H and O–H groups in total. The number of fused-ring (bicyclic) bond motifs is 1. The van der Waals surface area contributed by atoms with Gasteiger partial charge in [-0.2, -0.15) is 0 Å². The molecule has 1 unspecified atom stereocenters. The summed E-state index contributed by atoms with van der Waals surface area (Å²) in [4.78, 5) is 60.2. The normalized spacial score (nSPS) is 13.9. The quantitative estimate of drug-likeness (QED) is 0.282. The molecule has 1 aliphatic heterocycles. The maximum Gasteiger partial charge on any atom is 0.405 e. The van der Waals surface area contributed by atoms with Gasteiger partial charge >= 0.3 is 18.1 Å². The number of nitrogens with one attached hydrogen (secondary N) is 4. The monoisotopic (exact) mass is 483 g/mol. The Kier molecular flexibility index (Phi) is 8.22. The fraction of sp³-hybridized carbons (Fsp3) is 0.261. The van der Waals surface area contributed by atoms with Crippen LogP contribution in [0.2, 0.25) is 0 Å². The summed E-state index contributed by atoms with van der Waals surface area (Å²) >= 11 is 0. The molecule has 1 atom stereocenters. The Bertz CT molecular complexity index is 1100. The van der Waals surface area contributed by atoms with Gasteiger partial charge in [-0.1, -0.05) is 24.3 Å². The first-order chi connectivity index (χ1) is 16.8. The maximum absolute atomic E-state index is 12.6. The number of ether oxygens (including phenoxy) is 2. The van der Waals surface area contributed by atoms with E-state index >= 15 is 0 Å². The van der Waals surface area contributed by atoms with Crippen molar-refractivity contribution >= 4 is 47.0 Å². The summed E-state index contributed by atoms with van der Waals surface area (Å²) in [6.45, 7) is 0. The fourth-order valence-corrected chi connectivity index (χ4v) is 3.44. The number of hydrogen-bond acceptors (Lipinski definition) is 7. The first-order valence-electron chi connectivity index (χ1n) is 10.7. The molecule has 0 fully saturated rings. The molecule has 1 heterocycles. The number of methoxy groups -OCH3 is 1. The van der Waals surface area contributed by atoms with E-state index in [1.807, 2.05) is 0 Å². The molecule has 35 heavy (non-hydrogen) atoms. The molecule has 3 rings (SSSR count). The smallest absolute Gasteiger partial charge is 0.405 e.